The van der Waals surface area contributed by atoms with Crippen molar-refractivity contribution in [2.45, 2.75) is 13.3 Å². The summed E-state index contributed by atoms with van der Waals surface area (Å²) in [5.41, 5.74) is 4.04. The molecule has 39 heavy (non-hydrogen) atoms. The number of nitrogens with one attached hydrogen (secondary N) is 1. The lowest BCUT2D eigenvalue weighted by atomic mass is 10.2. The number of carbonyl (C=O) groups excluding carboxylic acids is 1. The Morgan fingerprint density at radius 2 is 1.62 bits per heavy atom. The summed E-state index contributed by atoms with van der Waals surface area (Å²) in [6.07, 6.45) is 0.853. The first-order valence-corrected chi connectivity index (χ1v) is 14.2. The molecule has 0 saturated carbocycles. The van der Waals surface area contributed by atoms with Crippen molar-refractivity contribution in [3.8, 4) is 17.1 Å². The average Bonchev–Trinajstić information content (AvgIpc) is 3.31. The topological polar surface area (TPSA) is 53.4 Å². The highest BCUT2D eigenvalue weighted by molar-refractivity contribution is 6.43. The highest BCUT2D eigenvalue weighted by atomic mass is 35.5. The van der Waals surface area contributed by atoms with E-state index in [1.165, 1.54) is 0 Å². The van der Waals surface area contributed by atoms with E-state index in [-0.39, 0.29) is 5.91 Å². The van der Waals surface area contributed by atoms with E-state index in [0.717, 1.165) is 67.6 Å². The molecule has 1 aliphatic heterocycles. The van der Waals surface area contributed by atoms with Crippen LogP contribution in [0.1, 0.15) is 22.6 Å². The van der Waals surface area contributed by atoms with Crippen LogP contribution in [0.3, 0.4) is 0 Å². The standard InChI is InChI=1S/C30H30Cl3N5O/c1-21-28(35-29(22-7-3-2-4-8-22)38(21)24-13-11-23(31)12-14-24)30(39)34-15-6-16-36-17-19-37(20-18-36)26-10-5-9-25(32)27(26)33/h2-5,7-14H,6,15-20H2,1H3,(H,34,39). The molecule has 3 aromatic carbocycles. The van der Waals surface area contributed by atoms with Crippen molar-refractivity contribution in [3.63, 3.8) is 0 Å². The van der Waals surface area contributed by atoms with Crippen molar-refractivity contribution >= 4 is 46.4 Å². The second kappa shape index (κ2) is 12.4. The highest BCUT2D eigenvalue weighted by Crippen LogP contribution is 2.33. The molecule has 0 atom stereocenters. The molecule has 0 bridgehead atoms. The van der Waals surface area contributed by atoms with Crippen LogP contribution in [0.2, 0.25) is 15.1 Å². The zero-order chi connectivity index (χ0) is 27.4. The molecule has 202 valence electrons. The van der Waals surface area contributed by atoms with E-state index in [9.17, 15) is 4.79 Å². The van der Waals surface area contributed by atoms with Crippen LogP contribution < -0.4 is 10.2 Å². The Hall–Kier alpha value is -3.03. The van der Waals surface area contributed by atoms with E-state index < -0.39 is 0 Å². The summed E-state index contributed by atoms with van der Waals surface area (Å²) in [7, 11) is 0. The summed E-state index contributed by atoms with van der Waals surface area (Å²) in [6.45, 7) is 7.04. The van der Waals surface area contributed by atoms with Gasteiger partial charge in [0.2, 0.25) is 0 Å². The van der Waals surface area contributed by atoms with Crippen LogP contribution in [0, 0.1) is 6.92 Å². The summed E-state index contributed by atoms with van der Waals surface area (Å²) in [5, 5.41) is 4.92. The quantitative estimate of drug-likeness (QED) is 0.234. The molecule has 0 unspecified atom stereocenters. The second-order valence-corrected chi connectivity index (χ2v) is 10.8. The van der Waals surface area contributed by atoms with Crippen molar-refractivity contribution < 1.29 is 4.79 Å². The van der Waals surface area contributed by atoms with Crippen LogP contribution in [0.4, 0.5) is 5.69 Å². The number of anilines is 1. The first-order valence-electron chi connectivity index (χ1n) is 13.0. The smallest absolute Gasteiger partial charge is 0.271 e. The zero-order valence-electron chi connectivity index (χ0n) is 21.7. The predicted molar refractivity (Wildman–Crippen MR) is 161 cm³/mol. The number of hydrogen-bond donors (Lipinski definition) is 1. The van der Waals surface area contributed by atoms with Gasteiger partial charge in [0.25, 0.3) is 5.91 Å². The molecule has 5 rings (SSSR count). The molecule has 0 aliphatic carbocycles. The summed E-state index contributed by atoms with van der Waals surface area (Å²) in [6, 6.07) is 23.2. The van der Waals surface area contributed by atoms with E-state index in [0.29, 0.717) is 27.3 Å². The van der Waals surface area contributed by atoms with Crippen molar-refractivity contribution in [2.75, 3.05) is 44.2 Å². The minimum absolute atomic E-state index is 0.169. The lowest BCUT2D eigenvalue weighted by Gasteiger charge is -2.36. The van der Waals surface area contributed by atoms with Crippen molar-refractivity contribution in [3.05, 3.63) is 99.3 Å². The number of imidazole rings is 1. The molecule has 1 saturated heterocycles. The molecule has 0 spiro atoms. The van der Waals surface area contributed by atoms with Gasteiger partial charge in [0.15, 0.2) is 0 Å². The van der Waals surface area contributed by atoms with Crippen LogP contribution in [0.25, 0.3) is 17.1 Å². The van der Waals surface area contributed by atoms with Gasteiger partial charge in [-0.15, -0.1) is 0 Å². The molecule has 9 heteroatoms. The number of halogens is 3. The molecular formula is C30H30Cl3N5O. The molecule has 0 radical (unpaired) electrons. The third-order valence-electron chi connectivity index (χ3n) is 7.02. The van der Waals surface area contributed by atoms with E-state index in [4.69, 9.17) is 39.8 Å². The van der Waals surface area contributed by atoms with Gasteiger partial charge in [-0.2, -0.15) is 0 Å². The Morgan fingerprint density at radius 1 is 0.897 bits per heavy atom. The second-order valence-electron chi connectivity index (χ2n) is 9.56. The van der Waals surface area contributed by atoms with Crippen LogP contribution in [0.15, 0.2) is 72.8 Å². The number of hydrogen-bond acceptors (Lipinski definition) is 4. The molecule has 1 aliphatic rings. The number of aromatic nitrogens is 2. The third-order valence-corrected chi connectivity index (χ3v) is 8.08. The largest absolute Gasteiger partial charge is 0.368 e. The molecule has 1 fully saturated rings. The van der Waals surface area contributed by atoms with Gasteiger partial charge in [-0.05, 0) is 56.3 Å². The third kappa shape index (κ3) is 6.25. The van der Waals surface area contributed by atoms with Crippen LogP contribution in [0.5, 0.6) is 0 Å². The number of rotatable bonds is 8. The van der Waals surface area contributed by atoms with Gasteiger partial charge in [-0.3, -0.25) is 14.3 Å². The number of nitrogens with zero attached hydrogens (tertiary/aromatic N) is 4. The van der Waals surface area contributed by atoms with Crippen molar-refractivity contribution in [1.29, 1.82) is 0 Å². The van der Waals surface area contributed by atoms with Gasteiger partial charge in [-0.1, -0.05) is 71.2 Å². The van der Waals surface area contributed by atoms with E-state index in [1.54, 1.807) is 0 Å². The van der Waals surface area contributed by atoms with E-state index in [2.05, 4.69) is 15.1 Å². The SMILES string of the molecule is Cc1c(C(=O)NCCCN2CCN(c3cccc(Cl)c3Cl)CC2)nc(-c2ccccc2)n1-c1ccc(Cl)cc1. The molecule has 1 amide bonds. The van der Waals surface area contributed by atoms with Gasteiger partial charge in [0, 0.05) is 49.0 Å². The van der Waals surface area contributed by atoms with Crippen LogP contribution in [-0.2, 0) is 0 Å². The number of benzene rings is 3. The van der Waals surface area contributed by atoms with E-state index >= 15 is 0 Å². The van der Waals surface area contributed by atoms with Crippen LogP contribution in [-0.4, -0.2) is 59.6 Å². The molecule has 6 nitrogen and oxygen atoms in total. The predicted octanol–water partition coefficient (Wildman–Crippen LogP) is 6.75. The Bertz CT molecular complexity index is 1430. The fourth-order valence-corrected chi connectivity index (χ4v) is 5.48. The lowest BCUT2D eigenvalue weighted by molar-refractivity contribution is 0.0946. The first kappa shape index (κ1) is 27.5. The average molecular weight is 583 g/mol. The summed E-state index contributed by atoms with van der Waals surface area (Å²) in [4.78, 5) is 22.7. The van der Waals surface area contributed by atoms with Crippen molar-refractivity contribution in [2.24, 2.45) is 0 Å². The maximum atomic E-state index is 13.2. The molecule has 1 aromatic heterocycles. The summed E-state index contributed by atoms with van der Waals surface area (Å²) in [5.74, 6) is 0.552. The maximum absolute atomic E-state index is 13.2. The van der Waals surface area contributed by atoms with Gasteiger partial charge < -0.3 is 10.2 Å². The number of amides is 1. The van der Waals surface area contributed by atoms with E-state index in [1.807, 2.05) is 84.3 Å². The number of piperazine rings is 1. The lowest BCUT2D eigenvalue weighted by Crippen LogP contribution is -2.47. The van der Waals surface area contributed by atoms with Gasteiger partial charge >= 0.3 is 0 Å². The first-order chi connectivity index (χ1) is 18.9. The van der Waals surface area contributed by atoms with Gasteiger partial charge in [0.1, 0.15) is 11.5 Å². The normalized spacial score (nSPS) is 14.0. The van der Waals surface area contributed by atoms with Crippen LogP contribution >= 0.6 is 34.8 Å². The van der Waals surface area contributed by atoms with Gasteiger partial charge in [-0.25, -0.2) is 4.98 Å². The van der Waals surface area contributed by atoms with Gasteiger partial charge in [0.05, 0.1) is 21.4 Å². The highest BCUT2D eigenvalue weighted by Gasteiger charge is 2.22. The van der Waals surface area contributed by atoms with Crippen molar-refractivity contribution in [1.82, 2.24) is 19.8 Å². The molecule has 4 aromatic rings. The summed E-state index contributed by atoms with van der Waals surface area (Å²) < 4.78 is 2.01. The fraction of sp³-hybridized carbons (Fsp3) is 0.267. The Labute approximate surface area is 244 Å². The Kier molecular flexibility index (Phi) is 8.78. The molecular weight excluding hydrogens is 553 g/mol. The zero-order valence-corrected chi connectivity index (χ0v) is 24.0. The maximum Gasteiger partial charge on any atom is 0.271 e. The number of carbonyl (C=O) groups is 1. The monoisotopic (exact) mass is 581 g/mol. The minimum atomic E-state index is -0.169. The molecule has 2 heterocycles. The Balaban J connectivity index is 1.19. The Morgan fingerprint density at radius 3 is 2.33 bits per heavy atom. The summed E-state index contributed by atoms with van der Waals surface area (Å²) >= 11 is 18.7. The minimum Gasteiger partial charge on any atom is -0.368 e. The fourth-order valence-electron chi connectivity index (χ4n) is 4.94. The molecule has 1 N–H and O–H groups in total.